The Balaban J connectivity index is 1.90. The van der Waals surface area contributed by atoms with E-state index in [1.165, 1.54) is 6.42 Å². The first kappa shape index (κ1) is 11.4. The van der Waals surface area contributed by atoms with E-state index >= 15 is 0 Å². The van der Waals surface area contributed by atoms with Gasteiger partial charge in [-0.1, -0.05) is 6.92 Å². The normalized spacial score (nSPS) is 39.2. The van der Waals surface area contributed by atoms with Crippen LogP contribution in [0.4, 0.5) is 0 Å². The zero-order chi connectivity index (χ0) is 10.7. The maximum atomic E-state index is 9.51. The quantitative estimate of drug-likeness (QED) is 0.752. The molecule has 3 heteroatoms. The van der Waals surface area contributed by atoms with Crippen molar-refractivity contribution in [1.82, 2.24) is 4.90 Å². The molecule has 1 N–H and O–H groups in total. The number of aliphatic hydroxyl groups is 1. The minimum absolute atomic E-state index is 0.0395. The molecular formula is C12H23NO2. The smallest absolute Gasteiger partial charge is 0.0622 e. The van der Waals surface area contributed by atoms with Gasteiger partial charge in [-0.25, -0.2) is 0 Å². The van der Waals surface area contributed by atoms with Crippen LogP contribution in [0.2, 0.25) is 0 Å². The summed E-state index contributed by atoms with van der Waals surface area (Å²) in [5.74, 6) is 0. The van der Waals surface area contributed by atoms with Gasteiger partial charge in [0.05, 0.1) is 19.3 Å². The summed E-state index contributed by atoms with van der Waals surface area (Å²) in [5, 5.41) is 9.51. The Morgan fingerprint density at radius 3 is 2.67 bits per heavy atom. The van der Waals surface area contributed by atoms with Crippen molar-refractivity contribution < 1.29 is 9.84 Å². The Hall–Kier alpha value is -0.120. The van der Waals surface area contributed by atoms with Crippen LogP contribution in [-0.2, 0) is 4.74 Å². The number of ether oxygens (including phenoxy) is 1. The van der Waals surface area contributed by atoms with Gasteiger partial charge in [-0.15, -0.1) is 0 Å². The van der Waals surface area contributed by atoms with E-state index in [4.69, 9.17) is 4.74 Å². The molecule has 0 spiro atoms. The predicted molar refractivity (Wildman–Crippen MR) is 59.9 cm³/mol. The molecule has 0 aromatic rings. The van der Waals surface area contributed by atoms with Crippen LogP contribution >= 0.6 is 0 Å². The topological polar surface area (TPSA) is 32.7 Å². The lowest BCUT2D eigenvalue weighted by atomic mass is 9.90. The number of hydrogen-bond donors (Lipinski definition) is 1. The second-order valence-corrected chi connectivity index (χ2v) is 4.84. The molecule has 1 heterocycles. The van der Waals surface area contributed by atoms with Crippen LogP contribution < -0.4 is 0 Å². The lowest BCUT2D eigenvalue weighted by Gasteiger charge is -2.43. The molecule has 2 rings (SSSR count). The standard InChI is InChI=1S/C12H23NO2/c1-2-10-9-15-8-7-13(10)11-3-5-12(14)6-4-11/h10-12,14H,2-9H2,1H3. The van der Waals surface area contributed by atoms with Crippen molar-refractivity contribution >= 4 is 0 Å². The van der Waals surface area contributed by atoms with E-state index in [0.717, 1.165) is 45.4 Å². The van der Waals surface area contributed by atoms with E-state index < -0.39 is 0 Å². The molecule has 1 aliphatic carbocycles. The molecule has 3 nitrogen and oxygen atoms in total. The van der Waals surface area contributed by atoms with Crippen molar-refractivity contribution in [3.8, 4) is 0 Å². The Morgan fingerprint density at radius 1 is 1.27 bits per heavy atom. The Bertz CT molecular complexity index is 190. The van der Waals surface area contributed by atoms with Crippen molar-refractivity contribution in [3.05, 3.63) is 0 Å². The van der Waals surface area contributed by atoms with Crippen LogP contribution in [0, 0.1) is 0 Å². The molecule has 1 aliphatic heterocycles. The van der Waals surface area contributed by atoms with Gasteiger partial charge < -0.3 is 9.84 Å². The highest BCUT2D eigenvalue weighted by Crippen LogP contribution is 2.26. The number of hydrogen-bond acceptors (Lipinski definition) is 3. The van der Waals surface area contributed by atoms with Gasteiger partial charge in [0.1, 0.15) is 0 Å². The number of aliphatic hydroxyl groups excluding tert-OH is 1. The number of nitrogens with zero attached hydrogens (tertiary/aromatic N) is 1. The first-order valence-corrected chi connectivity index (χ1v) is 6.32. The van der Waals surface area contributed by atoms with Crippen LogP contribution in [0.5, 0.6) is 0 Å². The molecule has 0 aromatic heterocycles. The first-order valence-electron chi connectivity index (χ1n) is 6.32. The van der Waals surface area contributed by atoms with Gasteiger partial charge in [-0.05, 0) is 32.1 Å². The van der Waals surface area contributed by atoms with Gasteiger partial charge in [0.2, 0.25) is 0 Å². The SMILES string of the molecule is CCC1COCCN1C1CCC(O)CC1. The highest BCUT2D eigenvalue weighted by atomic mass is 16.5. The largest absolute Gasteiger partial charge is 0.393 e. The number of morpholine rings is 1. The Kier molecular flexibility index (Phi) is 4.00. The van der Waals surface area contributed by atoms with Crippen LogP contribution in [0.25, 0.3) is 0 Å². The lowest BCUT2D eigenvalue weighted by Crippen LogP contribution is -2.51. The first-order chi connectivity index (χ1) is 7.31. The highest BCUT2D eigenvalue weighted by Gasteiger charge is 2.30. The fraction of sp³-hybridized carbons (Fsp3) is 1.00. The highest BCUT2D eigenvalue weighted by molar-refractivity contribution is 4.85. The zero-order valence-corrected chi connectivity index (χ0v) is 9.69. The summed E-state index contributed by atoms with van der Waals surface area (Å²) in [6.07, 6.45) is 5.44. The van der Waals surface area contributed by atoms with E-state index in [9.17, 15) is 5.11 Å². The van der Waals surface area contributed by atoms with Crippen LogP contribution in [0.1, 0.15) is 39.0 Å². The van der Waals surface area contributed by atoms with Gasteiger partial charge in [0.15, 0.2) is 0 Å². The monoisotopic (exact) mass is 213 g/mol. The van der Waals surface area contributed by atoms with Gasteiger partial charge in [0.25, 0.3) is 0 Å². The van der Waals surface area contributed by atoms with Crippen molar-refractivity contribution in [2.75, 3.05) is 19.8 Å². The third-order valence-corrected chi connectivity index (χ3v) is 3.88. The molecule has 0 radical (unpaired) electrons. The molecule has 0 amide bonds. The molecular weight excluding hydrogens is 190 g/mol. The second kappa shape index (κ2) is 5.28. The van der Waals surface area contributed by atoms with E-state index in [0.29, 0.717) is 12.1 Å². The number of rotatable bonds is 2. The molecule has 0 aromatic carbocycles. The summed E-state index contributed by atoms with van der Waals surface area (Å²) in [6.45, 7) is 5.11. The van der Waals surface area contributed by atoms with Crippen LogP contribution in [0.3, 0.4) is 0 Å². The minimum atomic E-state index is -0.0395. The summed E-state index contributed by atoms with van der Waals surface area (Å²) >= 11 is 0. The third-order valence-electron chi connectivity index (χ3n) is 3.88. The lowest BCUT2D eigenvalue weighted by molar-refractivity contribution is -0.0448. The fourth-order valence-corrected chi connectivity index (χ4v) is 2.89. The van der Waals surface area contributed by atoms with E-state index in [1.54, 1.807) is 0 Å². The Labute approximate surface area is 92.4 Å². The van der Waals surface area contributed by atoms with E-state index in [1.807, 2.05) is 0 Å². The van der Waals surface area contributed by atoms with E-state index in [-0.39, 0.29) is 6.10 Å². The molecule has 2 aliphatic rings. The molecule has 1 saturated heterocycles. The maximum Gasteiger partial charge on any atom is 0.0622 e. The van der Waals surface area contributed by atoms with Gasteiger partial charge >= 0.3 is 0 Å². The summed E-state index contributed by atoms with van der Waals surface area (Å²) in [7, 11) is 0. The fourth-order valence-electron chi connectivity index (χ4n) is 2.89. The zero-order valence-electron chi connectivity index (χ0n) is 9.69. The van der Waals surface area contributed by atoms with Gasteiger partial charge in [0, 0.05) is 18.6 Å². The maximum absolute atomic E-state index is 9.51. The van der Waals surface area contributed by atoms with Crippen molar-refractivity contribution in [2.45, 2.75) is 57.2 Å². The molecule has 1 saturated carbocycles. The summed E-state index contributed by atoms with van der Waals surface area (Å²) in [4.78, 5) is 2.62. The molecule has 88 valence electrons. The molecule has 2 fully saturated rings. The van der Waals surface area contributed by atoms with Crippen molar-refractivity contribution in [3.63, 3.8) is 0 Å². The van der Waals surface area contributed by atoms with Crippen LogP contribution in [0.15, 0.2) is 0 Å². The van der Waals surface area contributed by atoms with Gasteiger partial charge in [-0.3, -0.25) is 4.90 Å². The molecule has 15 heavy (non-hydrogen) atoms. The minimum Gasteiger partial charge on any atom is -0.393 e. The molecule has 1 atom stereocenters. The van der Waals surface area contributed by atoms with Crippen molar-refractivity contribution in [2.24, 2.45) is 0 Å². The summed E-state index contributed by atoms with van der Waals surface area (Å²) < 4.78 is 5.52. The van der Waals surface area contributed by atoms with Crippen LogP contribution in [-0.4, -0.2) is 48.0 Å². The predicted octanol–water partition coefficient (Wildman–Crippen LogP) is 1.40. The summed E-state index contributed by atoms with van der Waals surface area (Å²) in [5.41, 5.74) is 0. The van der Waals surface area contributed by atoms with Gasteiger partial charge in [-0.2, -0.15) is 0 Å². The van der Waals surface area contributed by atoms with E-state index in [2.05, 4.69) is 11.8 Å². The second-order valence-electron chi connectivity index (χ2n) is 4.84. The average Bonchev–Trinajstić information content (AvgIpc) is 2.30. The molecule has 1 unspecified atom stereocenters. The average molecular weight is 213 g/mol. The summed E-state index contributed by atoms with van der Waals surface area (Å²) in [6, 6.07) is 1.31. The van der Waals surface area contributed by atoms with Crippen molar-refractivity contribution in [1.29, 1.82) is 0 Å². The molecule has 0 bridgehead atoms. The Morgan fingerprint density at radius 2 is 2.00 bits per heavy atom. The third kappa shape index (κ3) is 2.71.